The van der Waals surface area contributed by atoms with Crippen molar-refractivity contribution < 1.29 is 4.79 Å². The lowest BCUT2D eigenvalue weighted by Gasteiger charge is -2.04. The predicted octanol–water partition coefficient (Wildman–Crippen LogP) is 2.03. The van der Waals surface area contributed by atoms with E-state index in [1.54, 1.807) is 18.2 Å². The van der Waals surface area contributed by atoms with Crippen LogP contribution in [0.5, 0.6) is 0 Å². The number of amides is 1. The van der Waals surface area contributed by atoms with E-state index in [4.69, 9.17) is 17.3 Å². The van der Waals surface area contributed by atoms with E-state index < -0.39 is 0 Å². The summed E-state index contributed by atoms with van der Waals surface area (Å²) >= 11 is 6.79. The van der Waals surface area contributed by atoms with Crippen LogP contribution in [0.3, 0.4) is 0 Å². The number of nitrogen functional groups attached to an aromatic ring is 1. The van der Waals surface area contributed by atoms with Crippen LogP contribution in [0.15, 0.2) is 24.4 Å². The van der Waals surface area contributed by atoms with Crippen LogP contribution in [0.25, 0.3) is 0 Å². The number of halogens is 1. The van der Waals surface area contributed by atoms with E-state index in [0.29, 0.717) is 21.3 Å². The molecule has 0 saturated carbocycles. The minimum absolute atomic E-state index is 0.267. The summed E-state index contributed by atoms with van der Waals surface area (Å²) in [4.78, 5) is 12.1. The molecule has 1 aromatic heterocycles. The standard InChI is InChI=1S/C9H7ClN4OS/c10-6-2-1-5(3-7(6)11)13-9(15)8-4-12-14-16-8/h1-4H,11H2,(H,13,15). The molecule has 0 saturated heterocycles. The zero-order chi connectivity index (χ0) is 11.5. The van der Waals surface area contributed by atoms with Crippen LogP contribution in [-0.2, 0) is 0 Å². The molecular weight excluding hydrogens is 248 g/mol. The van der Waals surface area contributed by atoms with Gasteiger partial charge in [0.1, 0.15) is 4.88 Å². The Labute approximate surface area is 100 Å². The van der Waals surface area contributed by atoms with E-state index in [2.05, 4.69) is 14.9 Å². The highest BCUT2D eigenvalue weighted by Crippen LogP contribution is 2.22. The largest absolute Gasteiger partial charge is 0.397 e. The average Bonchev–Trinajstić information content (AvgIpc) is 2.77. The Morgan fingerprint density at radius 1 is 1.50 bits per heavy atom. The van der Waals surface area contributed by atoms with E-state index >= 15 is 0 Å². The molecule has 3 N–H and O–H groups in total. The van der Waals surface area contributed by atoms with Crippen LogP contribution < -0.4 is 11.1 Å². The molecule has 0 radical (unpaired) electrons. The summed E-state index contributed by atoms with van der Waals surface area (Å²) in [6, 6.07) is 4.89. The van der Waals surface area contributed by atoms with Gasteiger partial charge >= 0.3 is 0 Å². The first-order valence-corrected chi connectivity index (χ1v) is 5.45. The molecule has 0 bridgehead atoms. The molecule has 7 heteroatoms. The first-order chi connectivity index (χ1) is 7.66. The first-order valence-electron chi connectivity index (χ1n) is 4.30. The fraction of sp³-hybridized carbons (Fsp3) is 0. The van der Waals surface area contributed by atoms with Crippen molar-refractivity contribution in [3.63, 3.8) is 0 Å². The number of nitrogens with zero attached hydrogens (tertiary/aromatic N) is 2. The SMILES string of the molecule is Nc1cc(NC(=O)c2cnns2)ccc1Cl. The average molecular weight is 255 g/mol. The molecule has 5 nitrogen and oxygen atoms in total. The van der Waals surface area contributed by atoms with Gasteiger partial charge in [-0.2, -0.15) is 0 Å². The second kappa shape index (κ2) is 4.46. The topological polar surface area (TPSA) is 80.9 Å². The maximum atomic E-state index is 11.6. The molecule has 1 heterocycles. The molecule has 0 unspecified atom stereocenters. The van der Waals surface area contributed by atoms with E-state index in [0.717, 1.165) is 11.5 Å². The van der Waals surface area contributed by atoms with Gasteiger partial charge in [-0.1, -0.05) is 16.1 Å². The summed E-state index contributed by atoms with van der Waals surface area (Å²) in [5.74, 6) is -0.267. The molecule has 1 aromatic carbocycles. The summed E-state index contributed by atoms with van der Waals surface area (Å²) in [5.41, 5.74) is 6.61. The quantitative estimate of drug-likeness (QED) is 0.804. The Kier molecular flexibility index (Phi) is 3.02. The molecule has 0 aliphatic rings. The van der Waals surface area contributed by atoms with E-state index in [1.807, 2.05) is 0 Å². The Morgan fingerprint density at radius 2 is 2.31 bits per heavy atom. The summed E-state index contributed by atoms with van der Waals surface area (Å²) in [7, 11) is 0. The zero-order valence-corrected chi connectivity index (χ0v) is 9.55. The first kappa shape index (κ1) is 10.8. The lowest BCUT2D eigenvalue weighted by molar-refractivity contribution is 0.103. The summed E-state index contributed by atoms with van der Waals surface area (Å²) < 4.78 is 3.60. The van der Waals surface area contributed by atoms with E-state index in [-0.39, 0.29) is 5.91 Å². The molecule has 0 spiro atoms. The van der Waals surface area contributed by atoms with Crippen molar-refractivity contribution in [2.45, 2.75) is 0 Å². The number of hydrogen-bond donors (Lipinski definition) is 2. The fourth-order valence-electron chi connectivity index (χ4n) is 1.08. The van der Waals surface area contributed by atoms with Gasteiger partial charge < -0.3 is 11.1 Å². The van der Waals surface area contributed by atoms with Crippen LogP contribution >= 0.6 is 23.1 Å². The zero-order valence-electron chi connectivity index (χ0n) is 7.98. The maximum absolute atomic E-state index is 11.6. The Bertz CT molecular complexity index is 514. The normalized spacial score (nSPS) is 10.1. The van der Waals surface area contributed by atoms with Crippen LogP contribution in [0, 0.1) is 0 Å². The van der Waals surface area contributed by atoms with Crippen LogP contribution in [0.1, 0.15) is 9.67 Å². The molecule has 0 fully saturated rings. The maximum Gasteiger partial charge on any atom is 0.269 e. The molecule has 16 heavy (non-hydrogen) atoms. The van der Waals surface area contributed by atoms with Crippen molar-refractivity contribution in [1.82, 2.24) is 9.59 Å². The van der Waals surface area contributed by atoms with Gasteiger partial charge in [0, 0.05) is 5.69 Å². The number of nitrogens with two attached hydrogens (primary N) is 1. The summed E-state index contributed by atoms with van der Waals surface area (Å²) in [6.07, 6.45) is 1.40. The molecule has 82 valence electrons. The van der Waals surface area contributed by atoms with Crippen LogP contribution in [-0.4, -0.2) is 15.5 Å². The molecule has 2 aromatic rings. The predicted molar refractivity (Wildman–Crippen MR) is 63.7 cm³/mol. The third-order valence-corrected chi connectivity index (χ3v) is 2.85. The smallest absolute Gasteiger partial charge is 0.269 e. The molecule has 1 amide bonds. The van der Waals surface area contributed by atoms with Crippen molar-refractivity contribution in [1.29, 1.82) is 0 Å². The highest BCUT2D eigenvalue weighted by molar-refractivity contribution is 7.07. The van der Waals surface area contributed by atoms with E-state index in [9.17, 15) is 4.79 Å². The number of rotatable bonds is 2. The second-order valence-corrected chi connectivity index (χ2v) is 4.17. The van der Waals surface area contributed by atoms with Gasteiger partial charge in [0.25, 0.3) is 5.91 Å². The number of anilines is 2. The van der Waals surface area contributed by atoms with Gasteiger partial charge in [-0.3, -0.25) is 4.79 Å². The number of carbonyl (C=O) groups excluding carboxylic acids is 1. The number of nitrogens with one attached hydrogen (secondary N) is 1. The van der Waals surface area contributed by atoms with Crippen LogP contribution in [0.4, 0.5) is 11.4 Å². The van der Waals surface area contributed by atoms with Crippen molar-refractivity contribution in [2.24, 2.45) is 0 Å². The van der Waals surface area contributed by atoms with Crippen molar-refractivity contribution in [2.75, 3.05) is 11.1 Å². The third-order valence-electron chi connectivity index (χ3n) is 1.84. The molecule has 0 aliphatic heterocycles. The van der Waals surface area contributed by atoms with Crippen molar-refractivity contribution in [3.8, 4) is 0 Å². The van der Waals surface area contributed by atoms with Gasteiger partial charge in [-0.05, 0) is 29.7 Å². The Balaban J connectivity index is 2.15. The highest BCUT2D eigenvalue weighted by Gasteiger charge is 2.09. The number of carbonyl (C=O) groups is 1. The number of benzene rings is 1. The lowest BCUT2D eigenvalue weighted by Crippen LogP contribution is -2.10. The molecular formula is C9H7ClN4OS. The second-order valence-electron chi connectivity index (χ2n) is 2.97. The number of hydrogen-bond acceptors (Lipinski definition) is 5. The van der Waals surface area contributed by atoms with Gasteiger partial charge in [-0.25, -0.2) is 0 Å². The van der Waals surface area contributed by atoms with E-state index in [1.165, 1.54) is 6.20 Å². The summed E-state index contributed by atoms with van der Waals surface area (Å²) in [5, 5.41) is 6.70. The van der Waals surface area contributed by atoms with Gasteiger partial charge in [0.2, 0.25) is 0 Å². The molecule has 0 aliphatic carbocycles. The monoisotopic (exact) mass is 254 g/mol. The number of aromatic nitrogens is 2. The van der Waals surface area contributed by atoms with Gasteiger partial charge in [0.15, 0.2) is 0 Å². The minimum atomic E-state index is -0.267. The lowest BCUT2D eigenvalue weighted by atomic mass is 10.3. The highest BCUT2D eigenvalue weighted by atomic mass is 35.5. The molecule has 0 atom stereocenters. The van der Waals surface area contributed by atoms with Crippen molar-refractivity contribution in [3.05, 3.63) is 34.3 Å². The Hall–Kier alpha value is -1.66. The van der Waals surface area contributed by atoms with Crippen LogP contribution in [0.2, 0.25) is 5.02 Å². The van der Waals surface area contributed by atoms with Gasteiger partial charge in [0.05, 0.1) is 16.9 Å². The van der Waals surface area contributed by atoms with Gasteiger partial charge in [-0.15, -0.1) is 5.10 Å². The summed E-state index contributed by atoms with van der Waals surface area (Å²) in [6.45, 7) is 0. The third kappa shape index (κ3) is 2.29. The molecule has 2 rings (SSSR count). The minimum Gasteiger partial charge on any atom is -0.397 e. The fourth-order valence-corrected chi connectivity index (χ4v) is 1.61. The van der Waals surface area contributed by atoms with Crippen molar-refractivity contribution >= 4 is 40.4 Å². The Morgan fingerprint density at radius 3 is 2.94 bits per heavy atom.